The molecule has 0 amide bonds. The van der Waals surface area contributed by atoms with E-state index < -0.39 is 7.82 Å². The van der Waals surface area contributed by atoms with Crippen LogP contribution < -0.4 is 0 Å². The fourth-order valence-corrected chi connectivity index (χ4v) is 1.32. The first-order valence-corrected chi connectivity index (χ1v) is 4.92. The predicted molar refractivity (Wildman–Crippen MR) is 37.0 cm³/mol. The smallest absolute Gasteiger partial charge is 0.376 e. The number of ether oxygens (including phenoxy) is 1. The highest BCUT2D eigenvalue weighted by atomic mass is 31.2. The Kier molecular flexibility index (Phi) is 3.04. The van der Waals surface area contributed by atoms with E-state index in [4.69, 9.17) is 14.5 Å². The largest absolute Gasteiger partial charge is 0.469 e. The molecule has 0 aliphatic carbocycles. The fourth-order valence-electron chi connectivity index (χ4n) is 0.956. The second-order valence-electron chi connectivity index (χ2n) is 2.42. The molecule has 0 radical (unpaired) electrons. The molecule has 0 aromatic rings. The Labute approximate surface area is 64.6 Å². The van der Waals surface area contributed by atoms with E-state index in [0.717, 1.165) is 12.8 Å². The van der Waals surface area contributed by atoms with Gasteiger partial charge >= 0.3 is 7.82 Å². The summed E-state index contributed by atoms with van der Waals surface area (Å²) < 4.78 is 19.5. The molecular formula is C5H11O5P. The Morgan fingerprint density at radius 2 is 2.36 bits per heavy atom. The van der Waals surface area contributed by atoms with Crippen molar-refractivity contribution in [1.82, 2.24) is 0 Å². The number of phosphoric ester groups is 1. The van der Waals surface area contributed by atoms with Crippen molar-refractivity contribution < 1.29 is 23.6 Å². The van der Waals surface area contributed by atoms with Gasteiger partial charge in [-0.2, -0.15) is 0 Å². The molecule has 1 aliphatic heterocycles. The number of hydrogen-bond acceptors (Lipinski definition) is 3. The molecule has 1 rings (SSSR count). The monoisotopic (exact) mass is 182 g/mol. The van der Waals surface area contributed by atoms with Crippen molar-refractivity contribution in [2.75, 3.05) is 13.2 Å². The maximum atomic E-state index is 10.2. The summed E-state index contributed by atoms with van der Waals surface area (Å²) >= 11 is 0. The molecule has 0 aromatic heterocycles. The minimum atomic E-state index is -4.30. The van der Waals surface area contributed by atoms with Crippen molar-refractivity contribution in [3.05, 3.63) is 0 Å². The van der Waals surface area contributed by atoms with E-state index in [-0.39, 0.29) is 12.7 Å². The minimum absolute atomic E-state index is 0.00965. The van der Waals surface area contributed by atoms with Gasteiger partial charge in [0, 0.05) is 6.61 Å². The van der Waals surface area contributed by atoms with E-state index in [2.05, 4.69) is 4.52 Å². The highest BCUT2D eigenvalue weighted by Crippen LogP contribution is 2.36. The van der Waals surface area contributed by atoms with Crippen LogP contribution in [0.4, 0.5) is 0 Å². The Hall–Kier alpha value is 0.0700. The van der Waals surface area contributed by atoms with Gasteiger partial charge in [-0.05, 0) is 12.8 Å². The van der Waals surface area contributed by atoms with Gasteiger partial charge in [-0.3, -0.25) is 4.52 Å². The lowest BCUT2D eigenvalue weighted by Gasteiger charge is -2.09. The van der Waals surface area contributed by atoms with Crippen LogP contribution in [0.2, 0.25) is 0 Å². The molecular weight excluding hydrogens is 171 g/mol. The van der Waals surface area contributed by atoms with E-state index in [1.807, 2.05) is 0 Å². The third kappa shape index (κ3) is 3.84. The normalized spacial score (nSPS) is 25.8. The average molecular weight is 182 g/mol. The summed E-state index contributed by atoms with van der Waals surface area (Å²) in [6.07, 6.45) is 1.62. The standard InChI is InChI=1S/C5H11O5P/c6-11(7,8)10-4-5-2-1-3-9-5/h5H,1-4H2,(H2,6,7,8). The second kappa shape index (κ2) is 3.65. The summed E-state index contributed by atoms with van der Waals surface area (Å²) in [4.78, 5) is 16.6. The third-order valence-corrected chi connectivity index (χ3v) is 1.94. The summed E-state index contributed by atoms with van der Waals surface area (Å²) in [7, 11) is -4.30. The van der Waals surface area contributed by atoms with Gasteiger partial charge in [0.15, 0.2) is 0 Å². The van der Waals surface area contributed by atoms with Crippen molar-refractivity contribution >= 4 is 7.82 Å². The molecule has 1 unspecified atom stereocenters. The van der Waals surface area contributed by atoms with E-state index in [1.165, 1.54) is 0 Å². The molecule has 1 atom stereocenters. The van der Waals surface area contributed by atoms with Crippen LogP contribution in [0.1, 0.15) is 12.8 Å². The number of rotatable bonds is 3. The third-order valence-electron chi connectivity index (χ3n) is 1.45. The number of phosphoric acid groups is 1. The summed E-state index contributed by atoms with van der Waals surface area (Å²) in [6.45, 7) is 0.652. The summed E-state index contributed by atoms with van der Waals surface area (Å²) in [6, 6.07) is 0. The van der Waals surface area contributed by atoms with Gasteiger partial charge in [0.1, 0.15) is 0 Å². The molecule has 1 aliphatic rings. The fraction of sp³-hybridized carbons (Fsp3) is 1.00. The predicted octanol–water partition coefficient (Wildman–Crippen LogP) is 0.275. The molecule has 5 nitrogen and oxygen atoms in total. The molecule has 0 spiro atoms. The quantitative estimate of drug-likeness (QED) is 0.613. The molecule has 1 saturated heterocycles. The lowest BCUT2D eigenvalue weighted by atomic mass is 10.2. The van der Waals surface area contributed by atoms with Gasteiger partial charge in [0.05, 0.1) is 12.7 Å². The molecule has 0 bridgehead atoms. The van der Waals surface area contributed by atoms with E-state index >= 15 is 0 Å². The van der Waals surface area contributed by atoms with Gasteiger partial charge in [-0.25, -0.2) is 4.57 Å². The first kappa shape index (κ1) is 9.16. The van der Waals surface area contributed by atoms with Crippen LogP contribution in [0.3, 0.4) is 0 Å². The Morgan fingerprint density at radius 1 is 1.64 bits per heavy atom. The van der Waals surface area contributed by atoms with Crippen LogP contribution in [0, 0.1) is 0 Å². The molecule has 0 aromatic carbocycles. The van der Waals surface area contributed by atoms with Crippen molar-refractivity contribution in [1.29, 1.82) is 0 Å². The Morgan fingerprint density at radius 3 is 2.82 bits per heavy atom. The SMILES string of the molecule is O=P(O)(O)OCC1CCCO1. The first-order chi connectivity index (χ1) is 5.08. The van der Waals surface area contributed by atoms with Crippen LogP contribution in [0.15, 0.2) is 0 Å². The van der Waals surface area contributed by atoms with Crippen LogP contribution >= 0.6 is 7.82 Å². The molecule has 2 N–H and O–H groups in total. The maximum Gasteiger partial charge on any atom is 0.469 e. The van der Waals surface area contributed by atoms with Gasteiger partial charge in [-0.1, -0.05) is 0 Å². The van der Waals surface area contributed by atoms with E-state index in [1.54, 1.807) is 0 Å². The second-order valence-corrected chi connectivity index (χ2v) is 3.66. The van der Waals surface area contributed by atoms with Gasteiger partial charge < -0.3 is 14.5 Å². The van der Waals surface area contributed by atoms with Crippen molar-refractivity contribution in [2.24, 2.45) is 0 Å². The lowest BCUT2D eigenvalue weighted by Crippen LogP contribution is -2.12. The summed E-state index contributed by atoms with van der Waals surface area (Å²) in [5.41, 5.74) is 0. The molecule has 11 heavy (non-hydrogen) atoms. The highest BCUT2D eigenvalue weighted by molar-refractivity contribution is 7.46. The Bertz CT molecular complexity index is 158. The minimum Gasteiger partial charge on any atom is -0.376 e. The van der Waals surface area contributed by atoms with Crippen molar-refractivity contribution in [3.8, 4) is 0 Å². The molecule has 1 fully saturated rings. The zero-order valence-electron chi connectivity index (χ0n) is 5.97. The van der Waals surface area contributed by atoms with Crippen LogP contribution in [0.25, 0.3) is 0 Å². The molecule has 6 heteroatoms. The topological polar surface area (TPSA) is 76.0 Å². The highest BCUT2D eigenvalue weighted by Gasteiger charge is 2.21. The van der Waals surface area contributed by atoms with Gasteiger partial charge in [0.25, 0.3) is 0 Å². The van der Waals surface area contributed by atoms with Crippen LogP contribution in [0.5, 0.6) is 0 Å². The lowest BCUT2D eigenvalue weighted by molar-refractivity contribution is 0.0547. The molecule has 66 valence electrons. The molecule has 0 saturated carbocycles. The van der Waals surface area contributed by atoms with E-state index in [9.17, 15) is 4.57 Å². The van der Waals surface area contributed by atoms with Gasteiger partial charge in [-0.15, -0.1) is 0 Å². The zero-order valence-corrected chi connectivity index (χ0v) is 6.87. The number of hydrogen-bond donors (Lipinski definition) is 2. The van der Waals surface area contributed by atoms with Crippen molar-refractivity contribution in [3.63, 3.8) is 0 Å². The average Bonchev–Trinajstić information content (AvgIpc) is 2.32. The van der Waals surface area contributed by atoms with Crippen LogP contribution in [-0.4, -0.2) is 29.1 Å². The maximum absolute atomic E-state index is 10.2. The molecule has 1 heterocycles. The van der Waals surface area contributed by atoms with Crippen molar-refractivity contribution in [2.45, 2.75) is 18.9 Å². The van der Waals surface area contributed by atoms with E-state index in [0.29, 0.717) is 6.61 Å². The summed E-state index contributed by atoms with van der Waals surface area (Å²) in [5, 5.41) is 0. The zero-order chi connectivity index (χ0) is 8.32. The first-order valence-electron chi connectivity index (χ1n) is 3.39. The Balaban J connectivity index is 2.16. The van der Waals surface area contributed by atoms with Crippen LogP contribution in [-0.2, 0) is 13.8 Å². The summed E-state index contributed by atoms with van der Waals surface area (Å²) in [5.74, 6) is 0. The van der Waals surface area contributed by atoms with Gasteiger partial charge in [0.2, 0.25) is 0 Å².